The van der Waals surface area contributed by atoms with E-state index in [4.69, 9.17) is 9.26 Å². The van der Waals surface area contributed by atoms with Crippen molar-refractivity contribution in [2.75, 3.05) is 18.5 Å². The van der Waals surface area contributed by atoms with Crippen LogP contribution in [0.3, 0.4) is 0 Å². The number of ether oxygens (including phenoxy) is 1. The molecule has 1 saturated heterocycles. The lowest BCUT2D eigenvalue weighted by molar-refractivity contribution is 0.0860. The summed E-state index contributed by atoms with van der Waals surface area (Å²) >= 11 is 1.75. The number of nitrogens with one attached hydrogen (secondary N) is 1. The quantitative estimate of drug-likeness (QED) is 0.917. The minimum absolute atomic E-state index is 0.610. The summed E-state index contributed by atoms with van der Waals surface area (Å²) in [6, 6.07) is 0. The van der Waals surface area contributed by atoms with E-state index in [0.717, 1.165) is 48.9 Å². The van der Waals surface area contributed by atoms with E-state index in [9.17, 15) is 0 Å². The molecular weight excluding hydrogens is 274 g/mol. The molecule has 2 aromatic heterocycles. The molecule has 1 aliphatic heterocycles. The van der Waals surface area contributed by atoms with E-state index < -0.39 is 0 Å². The van der Waals surface area contributed by atoms with Crippen molar-refractivity contribution in [1.82, 2.24) is 10.1 Å². The van der Waals surface area contributed by atoms with Crippen molar-refractivity contribution in [3.63, 3.8) is 0 Å². The second kappa shape index (κ2) is 6.37. The van der Waals surface area contributed by atoms with E-state index in [1.807, 2.05) is 6.20 Å². The van der Waals surface area contributed by atoms with Crippen LogP contribution in [0.2, 0.25) is 0 Å². The third-order valence-electron chi connectivity index (χ3n) is 3.64. The Morgan fingerprint density at radius 2 is 2.25 bits per heavy atom. The summed E-state index contributed by atoms with van der Waals surface area (Å²) in [7, 11) is 0. The highest BCUT2D eigenvalue weighted by Crippen LogP contribution is 2.32. The van der Waals surface area contributed by atoms with Gasteiger partial charge < -0.3 is 14.6 Å². The maximum Gasteiger partial charge on any atom is 0.183 e. The molecule has 5 nitrogen and oxygen atoms in total. The fraction of sp³-hybridized carbons (Fsp3) is 0.571. The van der Waals surface area contributed by atoms with E-state index >= 15 is 0 Å². The van der Waals surface area contributed by atoms with E-state index in [-0.39, 0.29) is 0 Å². The second-order valence-corrected chi connectivity index (χ2v) is 6.01. The van der Waals surface area contributed by atoms with Crippen LogP contribution < -0.4 is 5.32 Å². The van der Waals surface area contributed by atoms with Gasteiger partial charge in [-0.2, -0.15) is 0 Å². The van der Waals surface area contributed by atoms with Crippen molar-refractivity contribution in [3.05, 3.63) is 28.6 Å². The minimum atomic E-state index is 0.610. The van der Waals surface area contributed by atoms with Gasteiger partial charge in [-0.25, -0.2) is 4.98 Å². The van der Waals surface area contributed by atoms with Crippen LogP contribution in [0.5, 0.6) is 0 Å². The SMILES string of the molecule is CCc1nocc1CNc1ncc(C2CCOCC2)s1. The normalized spacial score (nSPS) is 16.4. The molecule has 0 bridgehead atoms. The molecule has 1 aliphatic rings. The fourth-order valence-electron chi connectivity index (χ4n) is 2.43. The van der Waals surface area contributed by atoms with E-state index in [1.54, 1.807) is 17.6 Å². The molecule has 0 radical (unpaired) electrons. The Morgan fingerprint density at radius 1 is 1.40 bits per heavy atom. The smallest absolute Gasteiger partial charge is 0.183 e. The topological polar surface area (TPSA) is 60.2 Å². The molecule has 1 fully saturated rings. The van der Waals surface area contributed by atoms with Gasteiger partial charge >= 0.3 is 0 Å². The first-order chi connectivity index (χ1) is 9.86. The van der Waals surface area contributed by atoms with Crippen molar-refractivity contribution < 1.29 is 9.26 Å². The Morgan fingerprint density at radius 3 is 3.05 bits per heavy atom. The number of aromatic nitrogens is 2. The minimum Gasteiger partial charge on any atom is -0.381 e. The lowest BCUT2D eigenvalue weighted by Gasteiger charge is -2.20. The predicted octanol–water partition coefficient (Wildman–Crippen LogP) is 3.20. The number of rotatable bonds is 5. The first-order valence-corrected chi connectivity index (χ1v) is 7.88. The lowest BCUT2D eigenvalue weighted by atomic mass is 9.99. The number of hydrogen-bond donors (Lipinski definition) is 1. The molecule has 0 aliphatic carbocycles. The summed E-state index contributed by atoms with van der Waals surface area (Å²) < 4.78 is 10.4. The highest BCUT2D eigenvalue weighted by molar-refractivity contribution is 7.15. The molecule has 3 heterocycles. The number of nitrogens with zero attached hydrogens (tertiary/aromatic N) is 2. The average molecular weight is 293 g/mol. The summed E-state index contributed by atoms with van der Waals surface area (Å²) in [4.78, 5) is 5.82. The number of anilines is 1. The van der Waals surface area contributed by atoms with Gasteiger partial charge in [0.2, 0.25) is 0 Å². The van der Waals surface area contributed by atoms with E-state index in [1.165, 1.54) is 4.88 Å². The summed E-state index contributed by atoms with van der Waals surface area (Å²) in [5.41, 5.74) is 2.12. The monoisotopic (exact) mass is 293 g/mol. The van der Waals surface area contributed by atoms with Gasteiger partial charge in [0.25, 0.3) is 0 Å². The van der Waals surface area contributed by atoms with Crippen molar-refractivity contribution in [3.8, 4) is 0 Å². The molecule has 3 rings (SSSR count). The summed E-state index contributed by atoms with van der Waals surface area (Å²) in [6.45, 7) is 4.53. The van der Waals surface area contributed by atoms with Crippen LogP contribution in [0, 0.1) is 0 Å². The zero-order valence-corrected chi connectivity index (χ0v) is 12.4. The van der Waals surface area contributed by atoms with Gasteiger partial charge in [-0.3, -0.25) is 0 Å². The van der Waals surface area contributed by atoms with Crippen LogP contribution in [-0.4, -0.2) is 23.4 Å². The Hall–Kier alpha value is -1.40. The van der Waals surface area contributed by atoms with Gasteiger partial charge in [-0.05, 0) is 25.2 Å². The molecule has 1 N–H and O–H groups in total. The maximum absolute atomic E-state index is 5.40. The van der Waals surface area contributed by atoms with Crippen LogP contribution in [-0.2, 0) is 17.7 Å². The molecule has 20 heavy (non-hydrogen) atoms. The molecule has 0 amide bonds. The van der Waals surface area contributed by atoms with Crippen molar-refractivity contribution in [1.29, 1.82) is 0 Å². The van der Waals surface area contributed by atoms with E-state index in [2.05, 4.69) is 22.4 Å². The molecule has 108 valence electrons. The number of thiazole rings is 1. The largest absolute Gasteiger partial charge is 0.381 e. The Bertz CT molecular complexity index is 546. The maximum atomic E-state index is 5.40. The summed E-state index contributed by atoms with van der Waals surface area (Å²) in [5, 5.41) is 8.30. The standard InChI is InChI=1S/C14H19N3O2S/c1-2-12-11(9-19-17-12)7-15-14-16-8-13(20-14)10-3-5-18-6-4-10/h8-10H,2-7H2,1H3,(H,15,16). The van der Waals surface area contributed by atoms with Crippen LogP contribution >= 0.6 is 11.3 Å². The lowest BCUT2D eigenvalue weighted by Crippen LogP contribution is -2.12. The van der Waals surface area contributed by atoms with Crippen molar-refractivity contribution in [2.24, 2.45) is 0 Å². The van der Waals surface area contributed by atoms with E-state index in [0.29, 0.717) is 12.5 Å². The highest BCUT2D eigenvalue weighted by Gasteiger charge is 2.18. The van der Waals surface area contributed by atoms with Crippen LogP contribution in [0.1, 0.15) is 41.8 Å². The molecular formula is C14H19N3O2S. The Balaban J connectivity index is 1.59. The first kappa shape index (κ1) is 13.6. The Kier molecular flexibility index (Phi) is 4.32. The molecule has 0 aromatic carbocycles. The van der Waals surface area contributed by atoms with Gasteiger partial charge in [-0.15, -0.1) is 11.3 Å². The molecule has 2 aromatic rings. The predicted molar refractivity (Wildman–Crippen MR) is 78.1 cm³/mol. The molecule has 0 unspecified atom stereocenters. The molecule has 0 spiro atoms. The van der Waals surface area contributed by atoms with Crippen molar-refractivity contribution >= 4 is 16.5 Å². The molecule has 6 heteroatoms. The molecule has 0 atom stereocenters. The fourth-order valence-corrected chi connectivity index (χ4v) is 3.41. The molecule has 0 saturated carbocycles. The summed E-state index contributed by atoms with van der Waals surface area (Å²) in [6.07, 6.45) is 6.80. The third-order valence-corrected chi connectivity index (χ3v) is 4.76. The zero-order chi connectivity index (χ0) is 13.8. The first-order valence-electron chi connectivity index (χ1n) is 7.06. The number of hydrogen-bond acceptors (Lipinski definition) is 6. The van der Waals surface area contributed by atoms with Crippen molar-refractivity contribution in [2.45, 2.75) is 38.6 Å². The Labute approximate surface area is 122 Å². The van der Waals surface area contributed by atoms with Gasteiger partial charge in [0, 0.05) is 36.4 Å². The van der Waals surface area contributed by atoms with Gasteiger partial charge in [-0.1, -0.05) is 12.1 Å². The highest BCUT2D eigenvalue weighted by atomic mass is 32.1. The zero-order valence-electron chi connectivity index (χ0n) is 11.6. The van der Waals surface area contributed by atoms with Crippen LogP contribution in [0.15, 0.2) is 17.0 Å². The van der Waals surface area contributed by atoms with Crippen LogP contribution in [0.4, 0.5) is 5.13 Å². The average Bonchev–Trinajstić information content (AvgIpc) is 3.15. The number of aryl methyl sites for hydroxylation is 1. The van der Waals surface area contributed by atoms with Crippen LogP contribution in [0.25, 0.3) is 0 Å². The van der Waals surface area contributed by atoms with Gasteiger partial charge in [0.05, 0.1) is 5.69 Å². The second-order valence-electron chi connectivity index (χ2n) is 4.95. The third kappa shape index (κ3) is 3.02. The summed E-state index contributed by atoms with van der Waals surface area (Å²) in [5.74, 6) is 0.610. The van der Waals surface area contributed by atoms with Gasteiger partial charge in [0.1, 0.15) is 6.26 Å². The van der Waals surface area contributed by atoms with Gasteiger partial charge in [0.15, 0.2) is 5.13 Å².